The van der Waals surface area contributed by atoms with Crippen molar-refractivity contribution in [3.63, 3.8) is 0 Å². The maximum absolute atomic E-state index is 9.42. The van der Waals surface area contributed by atoms with Gasteiger partial charge in [-0.2, -0.15) is 5.06 Å². The molecule has 3 heteroatoms. The first-order valence-electron chi connectivity index (χ1n) is 5.45. The Morgan fingerprint density at radius 2 is 2.13 bits per heavy atom. The van der Waals surface area contributed by atoms with Gasteiger partial charge < -0.3 is 5.11 Å². The number of benzene rings is 1. The summed E-state index contributed by atoms with van der Waals surface area (Å²) in [7, 11) is 0. The minimum atomic E-state index is -0.626. The summed E-state index contributed by atoms with van der Waals surface area (Å²) < 4.78 is 0. The molecule has 1 aliphatic heterocycles. The lowest BCUT2D eigenvalue weighted by Gasteiger charge is -2.20. The van der Waals surface area contributed by atoms with E-state index in [1.54, 1.807) is 0 Å². The molecule has 1 aliphatic rings. The van der Waals surface area contributed by atoms with Gasteiger partial charge >= 0.3 is 0 Å². The van der Waals surface area contributed by atoms with E-state index in [1.165, 1.54) is 5.56 Å². The van der Waals surface area contributed by atoms with Crippen molar-refractivity contribution in [1.29, 1.82) is 0 Å². The number of hydrogen-bond donors (Lipinski definition) is 1. The normalized spacial score (nSPS) is 27.1. The fourth-order valence-corrected chi connectivity index (χ4v) is 1.94. The Balaban J connectivity index is 2.00. The fourth-order valence-electron chi connectivity index (χ4n) is 1.94. The van der Waals surface area contributed by atoms with Crippen molar-refractivity contribution in [3.8, 4) is 0 Å². The van der Waals surface area contributed by atoms with Crippen molar-refractivity contribution in [2.45, 2.75) is 38.6 Å². The number of hydrogen-bond acceptors (Lipinski definition) is 3. The number of nitrogens with zero attached hydrogens (tertiary/aromatic N) is 1. The van der Waals surface area contributed by atoms with E-state index < -0.39 is 6.29 Å². The number of aliphatic hydroxyl groups is 1. The van der Waals surface area contributed by atoms with Crippen LogP contribution in [0.2, 0.25) is 0 Å². The highest BCUT2D eigenvalue weighted by molar-refractivity contribution is 5.14. The molecule has 15 heavy (non-hydrogen) atoms. The number of rotatable bonds is 3. The smallest absolute Gasteiger partial charge is 0.176 e. The summed E-state index contributed by atoms with van der Waals surface area (Å²) in [5.74, 6) is 0. The Hall–Kier alpha value is -0.900. The summed E-state index contributed by atoms with van der Waals surface area (Å²) >= 11 is 0. The van der Waals surface area contributed by atoms with Crippen LogP contribution in [0.3, 0.4) is 0 Å². The van der Waals surface area contributed by atoms with Gasteiger partial charge in [0.15, 0.2) is 6.29 Å². The third-order valence-electron chi connectivity index (χ3n) is 2.79. The van der Waals surface area contributed by atoms with Crippen molar-refractivity contribution < 1.29 is 9.94 Å². The maximum atomic E-state index is 9.42. The zero-order chi connectivity index (χ0) is 10.7. The van der Waals surface area contributed by atoms with Crippen LogP contribution in [-0.4, -0.2) is 22.5 Å². The zero-order valence-electron chi connectivity index (χ0n) is 8.97. The van der Waals surface area contributed by atoms with Crippen LogP contribution < -0.4 is 0 Å². The van der Waals surface area contributed by atoms with Crippen LogP contribution in [0.5, 0.6) is 0 Å². The third kappa shape index (κ3) is 2.56. The molecule has 2 unspecified atom stereocenters. The topological polar surface area (TPSA) is 32.7 Å². The second-order valence-corrected chi connectivity index (χ2v) is 3.92. The van der Waals surface area contributed by atoms with E-state index in [0.717, 1.165) is 13.0 Å². The second-order valence-electron chi connectivity index (χ2n) is 3.92. The quantitative estimate of drug-likeness (QED) is 0.822. The Kier molecular flexibility index (Phi) is 3.36. The molecule has 0 bridgehead atoms. The van der Waals surface area contributed by atoms with Gasteiger partial charge in [0.1, 0.15) is 0 Å². The Labute approximate surface area is 90.2 Å². The highest BCUT2D eigenvalue weighted by atomic mass is 16.8. The monoisotopic (exact) mass is 207 g/mol. The van der Waals surface area contributed by atoms with E-state index in [1.807, 2.05) is 23.3 Å². The van der Waals surface area contributed by atoms with Crippen LogP contribution in [-0.2, 0) is 11.4 Å². The first-order valence-corrected chi connectivity index (χ1v) is 5.45. The van der Waals surface area contributed by atoms with Gasteiger partial charge in [-0.25, -0.2) is 0 Å². The van der Waals surface area contributed by atoms with Gasteiger partial charge in [0, 0.05) is 19.0 Å². The molecule has 0 aliphatic carbocycles. The van der Waals surface area contributed by atoms with E-state index in [4.69, 9.17) is 4.84 Å². The van der Waals surface area contributed by atoms with Crippen LogP contribution in [0, 0.1) is 0 Å². The molecule has 1 saturated heterocycles. The largest absolute Gasteiger partial charge is 0.366 e. The molecule has 1 aromatic carbocycles. The van der Waals surface area contributed by atoms with Gasteiger partial charge in [0.25, 0.3) is 0 Å². The minimum absolute atomic E-state index is 0.334. The van der Waals surface area contributed by atoms with Crippen molar-refractivity contribution in [2.75, 3.05) is 0 Å². The van der Waals surface area contributed by atoms with Crippen LogP contribution in [0.25, 0.3) is 0 Å². The predicted molar refractivity (Wildman–Crippen MR) is 57.8 cm³/mol. The van der Waals surface area contributed by atoms with Crippen LogP contribution in [0.1, 0.15) is 25.3 Å². The van der Waals surface area contributed by atoms with Gasteiger partial charge in [-0.3, -0.25) is 4.84 Å². The third-order valence-corrected chi connectivity index (χ3v) is 2.79. The highest BCUT2D eigenvalue weighted by Gasteiger charge is 2.30. The molecule has 1 N–H and O–H groups in total. The summed E-state index contributed by atoms with van der Waals surface area (Å²) in [5, 5.41) is 11.3. The molecule has 0 spiro atoms. The number of hydroxylamine groups is 2. The summed E-state index contributed by atoms with van der Waals surface area (Å²) in [5.41, 5.74) is 1.21. The zero-order valence-corrected chi connectivity index (χ0v) is 8.97. The Morgan fingerprint density at radius 3 is 2.80 bits per heavy atom. The van der Waals surface area contributed by atoms with Crippen molar-refractivity contribution in [2.24, 2.45) is 0 Å². The highest BCUT2D eigenvalue weighted by Crippen LogP contribution is 2.23. The van der Waals surface area contributed by atoms with Crippen LogP contribution in [0.4, 0.5) is 0 Å². The lowest BCUT2D eigenvalue weighted by Crippen LogP contribution is -2.27. The first kappa shape index (κ1) is 10.6. The molecule has 0 aromatic heterocycles. The SMILES string of the molecule is CCC1CC(O)ON1Cc1ccccc1. The molecule has 2 rings (SSSR count). The predicted octanol–water partition coefficient (Wildman–Crippen LogP) is 1.92. The van der Waals surface area contributed by atoms with E-state index in [2.05, 4.69) is 19.1 Å². The maximum Gasteiger partial charge on any atom is 0.176 e. The molecular formula is C12H17NO2. The van der Waals surface area contributed by atoms with Crippen LogP contribution >= 0.6 is 0 Å². The second kappa shape index (κ2) is 4.75. The summed E-state index contributed by atoms with van der Waals surface area (Å²) in [4.78, 5) is 5.36. The molecule has 1 aromatic rings. The first-order chi connectivity index (χ1) is 7.29. The lowest BCUT2D eigenvalue weighted by atomic mass is 10.1. The molecule has 2 atom stereocenters. The molecule has 1 heterocycles. The molecule has 3 nitrogen and oxygen atoms in total. The van der Waals surface area contributed by atoms with Gasteiger partial charge in [0.2, 0.25) is 0 Å². The molecular weight excluding hydrogens is 190 g/mol. The molecule has 82 valence electrons. The van der Waals surface area contributed by atoms with E-state index in [0.29, 0.717) is 12.5 Å². The average Bonchev–Trinajstić information content (AvgIpc) is 2.60. The average molecular weight is 207 g/mol. The summed E-state index contributed by atoms with van der Waals surface area (Å²) in [6, 6.07) is 10.5. The van der Waals surface area contributed by atoms with E-state index in [9.17, 15) is 5.11 Å². The Bertz CT molecular complexity index is 302. The lowest BCUT2D eigenvalue weighted by molar-refractivity contribution is -0.227. The molecule has 0 saturated carbocycles. The molecule has 0 amide bonds. The van der Waals surface area contributed by atoms with E-state index >= 15 is 0 Å². The standard InChI is InChI=1S/C12H17NO2/c1-2-11-8-12(14)15-13(11)9-10-6-4-3-5-7-10/h3-7,11-12,14H,2,8-9H2,1H3. The van der Waals surface area contributed by atoms with Crippen LogP contribution in [0.15, 0.2) is 30.3 Å². The summed E-state index contributed by atoms with van der Waals surface area (Å²) in [6.07, 6.45) is 1.09. The van der Waals surface area contributed by atoms with Gasteiger partial charge in [-0.15, -0.1) is 0 Å². The number of aliphatic hydroxyl groups excluding tert-OH is 1. The Morgan fingerprint density at radius 1 is 1.40 bits per heavy atom. The summed E-state index contributed by atoms with van der Waals surface area (Å²) in [6.45, 7) is 2.86. The van der Waals surface area contributed by atoms with Crippen molar-refractivity contribution >= 4 is 0 Å². The van der Waals surface area contributed by atoms with E-state index in [-0.39, 0.29) is 0 Å². The minimum Gasteiger partial charge on any atom is -0.366 e. The van der Waals surface area contributed by atoms with Gasteiger partial charge in [0.05, 0.1) is 0 Å². The molecule has 0 radical (unpaired) electrons. The van der Waals surface area contributed by atoms with Crippen molar-refractivity contribution in [1.82, 2.24) is 5.06 Å². The van der Waals surface area contributed by atoms with Crippen molar-refractivity contribution in [3.05, 3.63) is 35.9 Å². The van der Waals surface area contributed by atoms with Gasteiger partial charge in [-0.1, -0.05) is 37.3 Å². The fraction of sp³-hybridized carbons (Fsp3) is 0.500. The van der Waals surface area contributed by atoms with Gasteiger partial charge in [-0.05, 0) is 12.0 Å². The molecule has 1 fully saturated rings.